The van der Waals surface area contributed by atoms with E-state index in [0.29, 0.717) is 0 Å². The lowest BCUT2D eigenvalue weighted by Crippen LogP contribution is -1.99. The number of aryl methyl sites for hydroxylation is 1. The number of thioether (sulfide) groups is 1. The van der Waals surface area contributed by atoms with Gasteiger partial charge in [0.2, 0.25) is 0 Å². The molecule has 0 aromatic carbocycles. The van der Waals surface area contributed by atoms with Crippen molar-refractivity contribution < 1.29 is 5.11 Å². The van der Waals surface area contributed by atoms with Crippen molar-refractivity contribution in [1.82, 2.24) is 0 Å². The van der Waals surface area contributed by atoms with Gasteiger partial charge in [-0.3, -0.25) is 0 Å². The van der Waals surface area contributed by atoms with Crippen LogP contribution in [0.3, 0.4) is 0 Å². The summed E-state index contributed by atoms with van der Waals surface area (Å²) in [6.07, 6.45) is 9.21. The van der Waals surface area contributed by atoms with Gasteiger partial charge < -0.3 is 5.11 Å². The summed E-state index contributed by atoms with van der Waals surface area (Å²) in [6.45, 7) is 0. The van der Waals surface area contributed by atoms with E-state index in [-0.39, 0.29) is 6.10 Å². The minimum atomic E-state index is -0.330. The highest BCUT2D eigenvalue weighted by Crippen LogP contribution is 2.38. The summed E-state index contributed by atoms with van der Waals surface area (Å²) in [6, 6.07) is 2.25. The maximum absolute atomic E-state index is 10.6. The third-order valence-corrected chi connectivity index (χ3v) is 6.14. The van der Waals surface area contributed by atoms with Crippen molar-refractivity contribution in [3.63, 3.8) is 0 Å². The van der Waals surface area contributed by atoms with Crippen LogP contribution < -0.4 is 0 Å². The Hall–Kier alpha value is -0.250. The zero-order valence-electron chi connectivity index (χ0n) is 10.7. The highest BCUT2D eigenvalue weighted by molar-refractivity contribution is 7.98. The van der Waals surface area contributed by atoms with Crippen molar-refractivity contribution in [2.75, 3.05) is 5.75 Å². The van der Waals surface area contributed by atoms with Gasteiger partial charge in [0, 0.05) is 15.5 Å². The van der Waals surface area contributed by atoms with Gasteiger partial charge in [-0.2, -0.15) is 11.8 Å². The van der Waals surface area contributed by atoms with Crippen molar-refractivity contribution in [3.05, 3.63) is 33.0 Å². The molecule has 0 saturated carbocycles. The largest absolute Gasteiger partial charge is 0.383 e. The van der Waals surface area contributed by atoms with Gasteiger partial charge in [0.15, 0.2) is 0 Å². The number of rotatable bonds is 2. The molecule has 1 atom stereocenters. The molecular formula is C15H20OS2. The SMILES string of the molecule is OC(C1=CCCCCC1)c1cc2c(s1)CCSC2. The van der Waals surface area contributed by atoms with Gasteiger partial charge in [0.25, 0.3) is 0 Å². The molecule has 3 rings (SSSR count). The normalized spacial score (nSPS) is 21.9. The fourth-order valence-corrected chi connectivity index (χ4v) is 5.18. The number of hydrogen-bond donors (Lipinski definition) is 1. The average molecular weight is 280 g/mol. The first-order chi connectivity index (χ1) is 8.84. The minimum absolute atomic E-state index is 0.330. The molecule has 1 aromatic rings. The summed E-state index contributed by atoms with van der Waals surface area (Å²) in [5.74, 6) is 2.38. The Labute approximate surface area is 117 Å². The van der Waals surface area contributed by atoms with E-state index >= 15 is 0 Å². The van der Waals surface area contributed by atoms with Gasteiger partial charge in [-0.25, -0.2) is 0 Å². The molecule has 1 aliphatic heterocycles. The van der Waals surface area contributed by atoms with E-state index in [4.69, 9.17) is 0 Å². The van der Waals surface area contributed by atoms with Crippen LogP contribution in [0.5, 0.6) is 0 Å². The summed E-state index contributed by atoms with van der Waals surface area (Å²) < 4.78 is 0. The highest BCUT2D eigenvalue weighted by Gasteiger charge is 2.20. The van der Waals surface area contributed by atoms with Crippen LogP contribution in [-0.2, 0) is 12.2 Å². The predicted molar refractivity (Wildman–Crippen MR) is 80.3 cm³/mol. The van der Waals surface area contributed by atoms with E-state index in [1.807, 2.05) is 23.1 Å². The minimum Gasteiger partial charge on any atom is -0.383 e. The first kappa shape index (κ1) is 12.8. The Balaban J connectivity index is 1.80. The van der Waals surface area contributed by atoms with E-state index in [0.717, 1.165) is 18.6 Å². The number of hydrogen-bond acceptors (Lipinski definition) is 3. The van der Waals surface area contributed by atoms with Gasteiger partial charge in [0.05, 0.1) is 0 Å². The number of aliphatic hydroxyl groups is 1. The quantitative estimate of drug-likeness (QED) is 0.807. The Morgan fingerprint density at radius 2 is 2.11 bits per heavy atom. The molecular weight excluding hydrogens is 260 g/mol. The Morgan fingerprint density at radius 1 is 1.17 bits per heavy atom. The molecule has 0 spiro atoms. The predicted octanol–water partition coefficient (Wildman–Crippen LogP) is 4.46. The second-order valence-corrected chi connectivity index (χ2v) is 7.45. The lowest BCUT2D eigenvalue weighted by Gasteiger charge is -2.12. The molecule has 98 valence electrons. The van der Waals surface area contributed by atoms with Crippen molar-refractivity contribution >= 4 is 23.1 Å². The average Bonchev–Trinajstić information content (AvgIpc) is 2.64. The topological polar surface area (TPSA) is 20.2 Å². The van der Waals surface area contributed by atoms with Crippen LogP contribution >= 0.6 is 23.1 Å². The van der Waals surface area contributed by atoms with Crippen LogP contribution in [0.1, 0.15) is 53.5 Å². The summed E-state index contributed by atoms with van der Waals surface area (Å²) >= 11 is 3.85. The summed E-state index contributed by atoms with van der Waals surface area (Å²) in [4.78, 5) is 2.69. The van der Waals surface area contributed by atoms with Crippen LogP contribution in [0.4, 0.5) is 0 Å². The molecule has 0 bridgehead atoms. The van der Waals surface area contributed by atoms with Gasteiger partial charge >= 0.3 is 0 Å². The molecule has 2 heterocycles. The van der Waals surface area contributed by atoms with Gasteiger partial charge in [0.1, 0.15) is 6.10 Å². The molecule has 1 nitrogen and oxygen atoms in total. The molecule has 0 saturated heterocycles. The Bertz CT molecular complexity index is 424. The van der Waals surface area contributed by atoms with Crippen molar-refractivity contribution in [1.29, 1.82) is 0 Å². The van der Waals surface area contributed by atoms with Crippen LogP contribution in [-0.4, -0.2) is 10.9 Å². The van der Waals surface area contributed by atoms with E-state index in [1.54, 1.807) is 0 Å². The Kier molecular flexibility index (Phi) is 4.12. The third kappa shape index (κ3) is 2.68. The van der Waals surface area contributed by atoms with Crippen LogP contribution in [0.2, 0.25) is 0 Å². The van der Waals surface area contributed by atoms with Gasteiger partial charge in [-0.1, -0.05) is 12.5 Å². The zero-order chi connectivity index (χ0) is 12.4. The molecule has 18 heavy (non-hydrogen) atoms. The molecule has 1 N–H and O–H groups in total. The third-order valence-electron chi connectivity index (χ3n) is 3.84. The molecule has 3 heteroatoms. The second kappa shape index (κ2) is 5.81. The van der Waals surface area contributed by atoms with E-state index in [9.17, 15) is 5.11 Å². The van der Waals surface area contributed by atoms with Crippen molar-refractivity contribution in [3.8, 4) is 0 Å². The molecule has 1 aromatic heterocycles. The molecule has 2 aliphatic rings. The van der Waals surface area contributed by atoms with Crippen LogP contribution in [0, 0.1) is 0 Å². The maximum atomic E-state index is 10.6. The second-order valence-electron chi connectivity index (χ2n) is 5.18. The summed E-state index contributed by atoms with van der Waals surface area (Å²) in [5, 5.41) is 10.6. The summed E-state index contributed by atoms with van der Waals surface area (Å²) in [5.41, 5.74) is 2.73. The molecule has 0 radical (unpaired) electrons. The lowest BCUT2D eigenvalue weighted by molar-refractivity contribution is 0.214. The van der Waals surface area contributed by atoms with Crippen LogP contribution in [0.25, 0.3) is 0 Å². The maximum Gasteiger partial charge on any atom is 0.109 e. The van der Waals surface area contributed by atoms with Gasteiger partial charge in [-0.05, 0) is 55.1 Å². The number of allylic oxidation sites excluding steroid dienone is 1. The van der Waals surface area contributed by atoms with Crippen LogP contribution in [0.15, 0.2) is 17.7 Å². The highest BCUT2D eigenvalue weighted by atomic mass is 32.2. The van der Waals surface area contributed by atoms with E-state index in [1.165, 1.54) is 52.3 Å². The number of thiophene rings is 1. The monoisotopic (exact) mass is 280 g/mol. The number of aliphatic hydroxyl groups excluding tert-OH is 1. The fourth-order valence-electron chi connectivity index (χ4n) is 2.78. The molecule has 1 unspecified atom stereocenters. The van der Waals surface area contributed by atoms with Crippen molar-refractivity contribution in [2.24, 2.45) is 0 Å². The zero-order valence-corrected chi connectivity index (χ0v) is 12.3. The molecule has 0 fully saturated rings. The lowest BCUT2D eigenvalue weighted by atomic mass is 10.0. The smallest absolute Gasteiger partial charge is 0.109 e. The van der Waals surface area contributed by atoms with Gasteiger partial charge in [-0.15, -0.1) is 11.3 Å². The number of fused-ring (bicyclic) bond motifs is 1. The Morgan fingerprint density at radius 3 is 3.00 bits per heavy atom. The van der Waals surface area contributed by atoms with E-state index in [2.05, 4.69) is 12.1 Å². The first-order valence-corrected chi connectivity index (χ1v) is 8.88. The first-order valence-electron chi connectivity index (χ1n) is 6.91. The standard InChI is InChI=1S/C15H20OS2/c16-15(11-5-3-1-2-4-6-11)14-9-12-10-17-8-7-13(12)18-14/h5,9,15-16H,1-4,6-8,10H2. The molecule has 0 amide bonds. The fraction of sp³-hybridized carbons (Fsp3) is 0.600. The van der Waals surface area contributed by atoms with Crippen molar-refractivity contribution in [2.45, 2.75) is 50.4 Å². The summed E-state index contributed by atoms with van der Waals surface area (Å²) in [7, 11) is 0. The van der Waals surface area contributed by atoms with E-state index < -0.39 is 0 Å². The molecule has 1 aliphatic carbocycles.